The molecular weight excluding hydrogens is 376 g/mol. The van der Waals surface area contributed by atoms with Crippen molar-refractivity contribution in [1.82, 2.24) is 20.2 Å². The molecule has 0 N–H and O–H groups in total. The van der Waals surface area contributed by atoms with E-state index in [4.69, 9.17) is 14.2 Å². The number of benzene rings is 2. The number of hydrogen-bond acceptors (Lipinski definition) is 6. The van der Waals surface area contributed by atoms with Gasteiger partial charge in [0.05, 0.1) is 5.69 Å². The first-order valence-electron chi connectivity index (χ1n) is 7.34. The molecule has 0 fully saturated rings. The van der Waals surface area contributed by atoms with Gasteiger partial charge in [-0.2, -0.15) is 0 Å². The number of halogens is 1. The number of aromatic nitrogens is 4. The van der Waals surface area contributed by atoms with Crippen molar-refractivity contribution >= 4 is 15.9 Å². The quantitative estimate of drug-likeness (QED) is 0.684. The first-order chi connectivity index (χ1) is 11.8. The monoisotopic (exact) mass is 388 g/mol. The second-order valence-electron chi connectivity index (χ2n) is 5.13. The molecule has 0 bridgehead atoms. The van der Waals surface area contributed by atoms with Crippen molar-refractivity contribution in [1.29, 1.82) is 0 Å². The highest BCUT2D eigenvalue weighted by Crippen LogP contribution is 2.36. The minimum atomic E-state index is 0.399. The summed E-state index contributed by atoms with van der Waals surface area (Å²) in [7, 11) is 0. The predicted octanol–water partition coefficient (Wildman–Crippen LogP) is 2.78. The second-order valence-corrected chi connectivity index (χ2v) is 5.98. The van der Waals surface area contributed by atoms with E-state index in [2.05, 4.69) is 31.5 Å². The summed E-state index contributed by atoms with van der Waals surface area (Å²) in [6.07, 6.45) is 1.54. The zero-order chi connectivity index (χ0) is 16.4. The lowest BCUT2D eigenvalue weighted by molar-refractivity contribution is 0.171. The van der Waals surface area contributed by atoms with Crippen molar-refractivity contribution in [3.8, 4) is 22.9 Å². The lowest BCUT2D eigenvalue weighted by Crippen LogP contribution is -2.15. The third-order valence-electron chi connectivity index (χ3n) is 3.54. The van der Waals surface area contributed by atoms with Crippen molar-refractivity contribution in [2.24, 2.45) is 0 Å². The summed E-state index contributed by atoms with van der Waals surface area (Å²) in [5.41, 5.74) is 1.81. The molecule has 0 amide bonds. The van der Waals surface area contributed by atoms with Crippen LogP contribution in [0.4, 0.5) is 0 Å². The van der Waals surface area contributed by atoms with Crippen molar-refractivity contribution < 1.29 is 14.2 Å². The maximum absolute atomic E-state index is 5.89. The van der Waals surface area contributed by atoms with E-state index in [0.29, 0.717) is 19.8 Å². The Morgan fingerprint density at radius 1 is 1.12 bits per heavy atom. The minimum absolute atomic E-state index is 0.399. The molecule has 0 saturated heterocycles. The first kappa shape index (κ1) is 14.9. The Kier molecular flexibility index (Phi) is 4.04. The number of ether oxygens (including phenoxy) is 3. The number of nitrogens with zero attached hydrogens (tertiary/aromatic N) is 4. The van der Waals surface area contributed by atoms with Crippen LogP contribution in [0.1, 0.15) is 5.56 Å². The summed E-state index contributed by atoms with van der Waals surface area (Å²) in [5.74, 6) is 2.22. The lowest BCUT2D eigenvalue weighted by Gasteiger charge is -2.20. The van der Waals surface area contributed by atoms with Crippen molar-refractivity contribution in [3.63, 3.8) is 0 Å². The SMILES string of the molecule is Brc1cc2c(cc1COc1cccc(-n3cnnn3)c1)OCCO2. The van der Waals surface area contributed by atoms with Crippen LogP contribution in [0.25, 0.3) is 5.69 Å². The maximum Gasteiger partial charge on any atom is 0.162 e. The molecule has 8 heteroatoms. The smallest absolute Gasteiger partial charge is 0.162 e. The molecule has 7 nitrogen and oxygen atoms in total. The Balaban J connectivity index is 1.52. The van der Waals surface area contributed by atoms with Gasteiger partial charge < -0.3 is 14.2 Å². The van der Waals surface area contributed by atoms with Crippen LogP contribution in [0, 0.1) is 0 Å². The molecule has 2 aromatic carbocycles. The van der Waals surface area contributed by atoms with Gasteiger partial charge in [-0.05, 0) is 34.7 Å². The van der Waals surface area contributed by atoms with Crippen LogP contribution < -0.4 is 14.2 Å². The molecule has 0 spiro atoms. The normalized spacial score (nSPS) is 12.9. The maximum atomic E-state index is 5.89. The zero-order valence-corrected chi connectivity index (χ0v) is 14.1. The molecule has 0 radical (unpaired) electrons. The van der Waals surface area contributed by atoms with E-state index in [-0.39, 0.29) is 0 Å². The molecule has 3 aromatic rings. The first-order valence-corrected chi connectivity index (χ1v) is 8.13. The summed E-state index contributed by atoms with van der Waals surface area (Å²) < 4.78 is 19.6. The van der Waals surface area contributed by atoms with Crippen LogP contribution in [0.5, 0.6) is 17.2 Å². The molecule has 1 aliphatic rings. The van der Waals surface area contributed by atoms with Crippen LogP contribution in [0.3, 0.4) is 0 Å². The van der Waals surface area contributed by atoms with Gasteiger partial charge in [-0.15, -0.1) is 5.10 Å². The van der Waals surface area contributed by atoms with Gasteiger partial charge in [0, 0.05) is 16.1 Å². The molecule has 0 saturated carbocycles. The molecule has 0 atom stereocenters. The van der Waals surface area contributed by atoms with Crippen molar-refractivity contribution in [2.45, 2.75) is 6.61 Å². The highest BCUT2D eigenvalue weighted by Gasteiger charge is 2.15. The van der Waals surface area contributed by atoms with Crippen LogP contribution in [0.15, 0.2) is 47.2 Å². The topological polar surface area (TPSA) is 71.3 Å². The van der Waals surface area contributed by atoms with E-state index in [1.54, 1.807) is 4.68 Å². The van der Waals surface area contributed by atoms with Gasteiger partial charge in [-0.25, -0.2) is 4.68 Å². The van der Waals surface area contributed by atoms with Gasteiger partial charge >= 0.3 is 0 Å². The number of hydrogen-bond donors (Lipinski definition) is 0. The molecule has 0 aliphatic carbocycles. The van der Waals surface area contributed by atoms with Gasteiger partial charge in [-0.3, -0.25) is 0 Å². The predicted molar refractivity (Wildman–Crippen MR) is 88.6 cm³/mol. The van der Waals surface area contributed by atoms with E-state index in [9.17, 15) is 0 Å². The van der Waals surface area contributed by atoms with E-state index in [0.717, 1.165) is 33.0 Å². The minimum Gasteiger partial charge on any atom is -0.489 e. The number of fused-ring (bicyclic) bond motifs is 1. The van der Waals surface area contributed by atoms with Crippen molar-refractivity contribution in [2.75, 3.05) is 13.2 Å². The highest BCUT2D eigenvalue weighted by atomic mass is 79.9. The fourth-order valence-electron chi connectivity index (χ4n) is 2.37. The molecule has 122 valence electrons. The molecule has 1 aliphatic heterocycles. The zero-order valence-electron chi connectivity index (χ0n) is 12.6. The standard InChI is InChI=1S/C16H13BrN4O3/c17-14-8-16-15(22-4-5-23-16)6-11(14)9-24-13-3-1-2-12(7-13)21-10-18-19-20-21/h1-3,6-8,10H,4-5,9H2. The van der Waals surface area contributed by atoms with Gasteiger partial charge in [0.2, 0.25) is 0 Å². The fourth-order valence-corrected chi connectivity index (χ4v) is 2.81. The van der Waals surface area contributed by atoms with E-state index >= 15 is 0 Å². The molecule has 0 unspecified atom stereocenters. The highest BCUT2D eigenvalue weighted by molar-refractivity contribution is 9.10. The summed E-state index contributed by atoms with van der Waals surface area (Å²) >= 11 is 3.55. The fraction of sp³-hybridized carbons (Fsp3) is 0.188. The average Bonchev–Trinajstić information content (AvgIpc) is 3.15. The van der Waals surface area contributed by atoms with Gasteiger partial charge in [-0.1, -0.05) is 22.0 Å². The molecule has 24 heavy (non-hydrogen) atoms. The summed E-state index contributed by atoms with van der Waals surface area (Å²) in [5, 5.41) is 11.1. The van der Waals surface area contributed by atoms with Crippen LogP contribution >= 0.6 is 15.9 Å². The average molecular weight is 389 g/mol. The van der Waals surface area contributed by atoms with Crippen LogP contribution in [0.2, 0.25) is 0 Å². The summed E-state index contributed by atoms with van der Waals surface area (Å²) in [6, 6.07) is 11.4. The van der Waals surface area contributed by atoms with E-state index in [1.807, 2.05) is 36.4 Å². The van der Waals surface area contributed by atoms with Crippen LogP contribution in [-0.2, 0) is 6.61 Å². The third-order valence-corrected chi connectivity index (χ3v) is 4.27. The second kappa shape index (κ2) is 6.48. The Hall–Kier alpha value is -2.61. The van der Waals surface area contributed by atoms with Gasteiger partial charge in [0.1, 0.15) is 31.9 Å². The molecule has 1 aromatic heterocycles. The number of tetrazole rings is 1. The molecule has 4 rings (SSSR count). The molecular formula is C16H13BrN4O3. The van der Waals surface area contributed by atoms with Crippen molar-refractivity contribution in [3.05, 3.63) is 52.8 Å². The lowest BCUT2D eigenvalue weighted by atomic mass is 10.2. The van der Waals surface area contributed by atoms with Crippen LogP contribution in [-0.4, -0.2) is 33.4 Å². The Morgan fingerprint density at radius 3 is 2.75 bits per heavy atom. The number of rotatable bonds is 4. The summed E-state index contributed by atoms with van der Waals surface area (Å²) in [4.78, 5) is 0. The third kappa shape index (κ3) is 3.05. The van der Waals surface area contributed by atoms with Gasteiger partial charge in [0.15, 0.2) is 11.5 Å². The van der Waals surface area contributed by atoms with Gasteiger partial charge in [0.25, 0.3) is 0 Å². The Morgan fingerprint density at radius 2 is 1.96 bits per heavy atom. The van der Waals surface area contributed by atoms with E-state index < -0.39 is 0 Å². The summed E-state index contributed by atoms with van der Waals surface area (Å²) in [6.45, 7) is 1.53. The largest absolute Gasteiger partial charge is 0.489 e. The van der Waals surface area contributed by atoms with E-state index in [1.165, 1.54) is 6.33 Å². The Bertz CT molecular complexity index is 855. The Labute approximate surface area is 146 Å². The molecule has 2 heterocycles.